The molecule has 3 aromatic rings. The first-order chi connectivity index (χ1) is 16.9. The molecule has 0 saturated heterocycles. The summed E-state index contributed by atoms with van der Waals surface area (Å²) in [6, 6.07) is 17.7. The van der Waals surface area contributed by atoms with E-state index in [1.165, 1.54) is 19.4 Å². The lowest BCUT2D eigenvalue weighted by Gasteiger charge is -2.10. The number of hydrazone groups is 1. The molecule has 0 aromatic heterocycles. The first-order valence-corrected chi connectivity index (χ1v) is 10.8. The molecule has 180 valence electrons. The molecule has 0 spiro atoms. The van der Waals surface area contributed by atoms with Gasteiger partial charge in [0.25, 0.3) is 0 Å². The number of hydrogen-bond donors (Lipinski definition) is 2. The maximum absolute atomic E-state index is 12.4. The van der Waals surface area contributed by atoms with Crippen molar-refractivity contribution in [1.29, 1.82) is 0 Å². The number of ether oxygens (including phenoxy) is 3. The van der Waals surface area contributed by atoms with E-state index in [-0.39, 0.29) is 22.1 Å². The smallest absolute Gasteiger partial charge is 0.345 e. The van der Waals surface area contributed by atoms with Crippen LogP contribution in [0.1, 0.15) is 22.8 Å². The normalized spacial score (nSPS) is 10.5. The lowest BCUT2D eigenvalue weighted by molar-refractivity contribution is -0.136. The molecule has 0 aliphatic rings. The van der Waals surface area contributed by atoms with Crippen LogP contribution in [-0.4, -0.2) is 37.7 Å². The van der Waals surface area contributed by atoms with E-state index in [0.29, 0.717) is 23.6 Å². The van der Waals surface area contributed by atoms with Gasteiger partial charge in [0.1, 0.15) is 5.75 Å². The van der Waals surface area contributed by atoms with Gasteiger partial charge in [-0.2, -0.15) is 5.10 Å². The Morgan fingerprint density at radius 1 is 0.971 bits per heavy atom. The third-order valence-corrected chi connectivity index (χ3v) is 4.82. The van der Waals surface area contributed by atoms with Gasteiger partial charge in [-0.05, 0) is 67.1 Å². The molecule has 0 bridgehead atoms. The van der Waals surface area contributed by atoms with Crippen molar-refractivity contribution in [2.75, 3.05) is 19.0 Å². The highest BCUT2D eigenvalue weighted by atomic mass is 35.5. The van der Waals surface area contributed by atoms with Crippen LogP contribution in [0.4, 0.5) is 5.69 Å². The van der Waals surface area contributed by atoms with Crippen LogP contribution in [0.25, 0.3) is 0 Å². The lowest BCUT2D eigenvalue weighted by Crippen LogP contribution is -2.32. The Hall–Kier alpha value is -4.37. The first kappa shape index (κ1) is 25.3. The molecule has 0 atom stereocenters. The van der Waals surface area contributed by atoms with Crippen LogP contribution in [-0.2, 0) is 9.59 Å². The summed E-state index contributed by atoms with van der Waals surface area (Å²) in [5, 5.41) is 6.51. The van der Waals surface area contributed by atoms with E-state index < -0.39 is 17.8 Å². The monoisotopic (exact) mass is 495 g/mol. The maximum Gasteiger partial charge on any atom is 0.345 e. The lowest BCUT2D eigenvalue weighted by atomic mass is 10.2. The van der Waals surface area contributed by atoms with Crippen LogP contribution in [0.15, 0.2) is 71.8 Å². The summed E-state index contributed by atoms with van der Waals surface area (Å²) in [6.07, 6.45) is 1.31. The predicted octanol–water partition coefficient (Wildman–Crippen LogP) is 4.06. The van der Waals surface area contributed by atoms with Crippen molar-refractivity contribution in [2.24, 2.45) is 5.10 Å². The SMILES string of the molecule is CCOc1ccc(NC(=O)C(=O)N/N=C\c2ccc(OC(=O)c3ccccc3Cl)c(OC)c2)cc1. The number of esters is 1. The molecule has 0 aliphatic heterocycles. The Bertz CT molecular complexity index is 1240. The van der Waals surface area contributed by atoms with Crippen molar-refractivity contribution in [2.45, 2.75) is 6.92 Å². The molecule has 2 N–H and O–H groups in total. The van der Waals surface area contributed by atoms with Gasteiger partial charge in [-0.25, -0.2) is 10.2 Å². The number of halogens is 1. The van der Waals surface area contributed by atoms with E-state index in [0.717, 1.165) is 0 Å². The fraction of sp³-hybridized carbons (Fsp3) is 0.120. The fourth-order valence-electron chi connectivity index (χ4n) is 2.84. The number of carbonyl (C=O) groups is 3. The van der Waals surface area contributed by atoms with Gasteiger partial charge in [0, 0.05) is 5.69 Å². The Kier molecular flexibility index (Phi) is 8.80. The van der Waals surface area contributed by atoms with E-state index in [1.807, 2.05) is 6.92 Å². The van der Waals surface area contributed by atoms with E-state index in [1.54, 1.807) is 60.7 Å². The molecule has 0 fully saturated rings. The van der Waals surface area contributed by atoms with Gasteiger partial charge in [0.15, 0.2) is 11.5 Å². The molecule has 2 amide bonds. The van der Waals surface area contributed by atoms with Crippen molar-refractivity contribution >= 4 is 41.3 Å². The van der Waals surface area contributed by atoms with Crippen molar-refractivity contribution in [3.8, 4) is 17.2 Å². The standard InChI is InChI=1S/C25H22ClN3O6/c1-3-34-18-11-9-17(10-12-18)28-23(30)24(31)29-27-15-16-8-13-21(22(14-16)33-2)35-25(32)19-6-4-5-7-20(19)26/h4-15H,3H2,1-2H3,(H,28,30)(H,29,31)/b27-15-. The molecular formula is C25H22ClN3O6. The Morgan fingerprint density at radius 3 is 2.40 bits per heavy atom. The van der Waals surface area contributed by atoms with Crippen molar-refractivity contribution in [3.63, 3.8) is 0 Å². The summed E-state index contributed by atoms with van der Waals surface area (Å²) in [6.45, 7) is 2.39. The largest absolute Gasteiger partial charge is 0.494 e. The number of nitrogens with zero attached hydrogens (tertiary/aromatic N) is 1. The van der Waals surface area contributed by atoms with Crippen LogP contribution < -0.4 is 25.0 Å². The number of methoxy groups -OCH3 is 1. The van der Waals surface area contributed by atoms with Gasteiger partial charge < -0.3 is 19.5 Å². The Balaban J connectivity index is 1.58. The molecule has 0 unspecified atom stereocenters. The third kappa shape index (κ3) is 7.05. The first-order valence-electron chi connectivity index (χ1n) is 10.4. The zero-order chi connectivity index (χ0) is 25.2. The number of carbonyl (C=O) groups excluding carboxylic acids is 3. The summed E-state index contributed by atoms with van der Waals surface area (Å²) in [5.41, 5.74) is 3.32. The number of anilines is 1. The average molecular weight is 496 g/mol. The minimum absolute atomic E-state index is 0.174. The molecule has 3 aromatic carbocycles. The zero-order valence-corrected chi connectivity index (χ0v) is 19.7. The summed E-state index contributed by atoms with van der Waals surface area (Å²) in [5.74, 6) is -1.39. The molecular weight excluding hydrogens is 474 g/mol. The molecule has 9 nitrogen and oxygen atoms in total. The van der Waals surface area contributed by atoms with E-state index in [2.05, 4.69) is 15.8 Å². The Labute approximate surface area is 206 Å². The molecule has 0 saturated carbocycles. The van der Waals surface area contributed by atoms with Gasteiger partial charge in [0.05, 0.1) is 30.5 Å². The van der Waals surface area contributed by atoms with Crippen LogP contribution in [0, 0.1) is 0 Å². The van der Waals surface area contributed by atoms with Gasteiger partial charge in [-0.3, -0.25) is 9.59 Å². The minimum Gasteiger partial charge on any atom is -0.494 e. The fourth-order valence-corrected chi connectivity index (χ4v) is 3.05. The van der Waals surface area contributed by atoms with Crippen molar-refractivity contribution < 1.29 is 28.6 Å². The highest BCUT2D eigenvalue weighted by Gasteiger charge is 2.16. The summed E-state index contributed by atoms with van der Waals surface area (Å²) < 4.78 is 16.0. The Morgan fingerprint density at radius 2 is 1.71 bits per heavy atom. The number of amides is 2. The predicted molar refractivity (Wildman–Crippen MR) is 131 cm³/mol. The quantitative estimate of drug-likeness (QED) is 0.160. The highest BCUT2D eigenvalue weighted by molar-refractivity contribution is 6.39. The molecule has 10 heteroatoms. The molecule has 0 aliphatic carbocycles. The number of nitrogens with one attached hydrogen (secondary N) is 2. The summed E-state index contributed by atoms with van der Waals surface area (Å²) >= 11 is 6.03. The second-order valence-corrected chi connectivity index (χ2v) is 7.30. The third-order valence-electron chi connectivity index (χ3n) is 4.49. The maximum atomic E-state index is 12.4. The number of benzene rings is 3. The van der Waals surface area contributed by atoms with E-state index >= 15 is 0 Å². The molecule has 0 radical (unpaired) electrons. The topological polar surface area (TPSA) is 115 Å². The summed E-state index contributed by atoms with van der Waals surface area (Å²) in [4.78, 5) is 36.5. The minimum atomic E-state index is -0.951. The van der Waals surface area contributed by atoms with Gasteiger partial charge in [0.2, 0.25) is 0 Å². The van der Waals surface area contributed by atoms with Crippen LogP contribution in [0.3, 0.4) is 0 Å². The van der Waals surface area contributed by atoms with Gasteiger partial charge in [-0.15, -0.1) is 0 Å². The van der Waals surface area contributed by atoms with Gasteiger partial charge in [-0.1, -0.05) is 23.7 Å². The van der Waals surface area contributed by atoms with Crippen LogP contribution >= 0.6 is 11.6 Å². The molecule has 0 heterocycles. The zero-order valence-electron chi connectivity index (χ0n) is 18.9. The molecule has 35 heavy (non-hydrogen) atoms. The van der Waals surface area contributed by atoms with E-state index in [9.17, 15) is 14.4 Å². The van der Waals surface area contributed by atoms with Crippen molar-refractivity contribution in [3.05, 3.63) is 82.9 Å². The number of hydrogen-bond acceptors (Lipinski definition) is 7. The molecule has 3 rings (SSSR count). The van der Waals surface area contributed by atoms with Crippen LogP contribution in [0.5, 0.6) is 17.2 Å². The second kappa shape index (κ2) is 12.2. The number of rotatable bonds is 8. The van der Waals surface area contributed by atoms with Gasteiger partial charge >= 0.3 is 17.8 Å². The highest BCUT2D eigenvalue weighted by Crippen LogP contribution is 2.29. The summed E-state index contributed by atoms with van der Waals surface area (Å²) in [7, 11) is 1.41. The van der Waals surface area contributed by atoms with Crippen LogP contribution in [0.2, 0.25) is 5.02 Å². The van der Waals surface area contributed by atoms with E-state index in [4.69, 9.17) is 25.8 Å². The second-order valence-electron chi connectivity index (χ2n) is 6.89. The van der Waals surface area contributed by atoms with Crippen molar-refractivity contribution in [1.82, 2.24) is 5.43 Å². The average Bonchev–Trinajstić information content (AvgIpc) is 2.86.